The second kappa shape index (κ2) is 7.04. The normalized spacial score (nSPS) is 15.4. The van der Waals surface area contributed by atoms with Crippen LogP contribution in [0.4, 0.5) is 4.79 Å². The van der Waals surface area contributed by atoms with E-state index in [0.717, 1.165) is 10.5 Å². The number of ether oxygens (including phenoxy) is 2. The number of benzene rings is 1. The smallest absolute Gasteiger partial charge is 0.338 e. The number of hydrogen-bond acceptors (Lipinski definition) is 5. The molecule has 3 amide bonds. The number of nitrogens with one attached hydrogen (secondary N) is 1. The Morgan fingerprint density at radius 1 is 1.41 bits per heavy atom. The van der Waals surface area contributed by atoms with E-state index in [0.29, 0.717) is 18.7 Å². The molecule has 1 aliphatic rings. The Labute approximate surface area is 128 Å². The van der Waals surface area contributed by atoms with Crippen molar-refractivity contribution in [1.29, 1.82) is 0 Å². The average molecular weight is 306 g/mol. The van der Waals surface area contributed by atoms with E-state index in [1.54, 1.807) is 25.3 Å². The van der Waals surface area contributed by atoms with Crippen molar-refractivity contribution in [2.24, 2.45) is 0 Å². The third-order valence-corrected chi connectivity index (χ3v) is 3.23. The molecule has 0 bridgehead atoms. The molecular formula is C15H18N2O5. The van der Waals surface area contributed by atoms with Gasteiger partial charge < -0.3 is 14.8 Å². The van der Waals surface area contributed by atoms with Gasteiger partial charge in [-0.1, -0.05) is 12.1 Å². The molecule has 7 nitrogen and oxygen atoms in total. The van der Waals surface area contributed by atoms with Crippen molar-refractivity contribution in [3.05, 3.63) is 35.4 Å². The molecular weight excluding hydrogens is 288 g/mol. The highest BCUT2D eigenvalue weighted by molar-refractivity contribution is 5.99. The number of nitrogens with zero attached hydrogens (tertiary/aromatic N) is 1. The maximum Gasteiger partial charge on any atom is 0.338 e. The number of amides is 3. The quantitative estimate of drug-likeness (QED) is 0.818. The summed E-state index contributed by atoms with van der Waals surface area (Å²) >= 11 is 0. The molecule has 1 fully saturated rings. The minimum atomic E-state index is -1.03. The minimum absolute atomic E-state index is 0.281. The molecule has 0 aliphatic carbocycles. The first-order chi connectivity index (χ1) is 10.5. The van der Waals surface area contributed by atoms with Crippen molar-refractivity contribution in [2.75, 3.05) is 20.2 Å². The summed E-state index contributed by atoms with van der Waals surface area (Å²) in [6.45, 7) is 2.52. The predicted octanol–water partition coefficient (Wildman–Crippen LogP) is 0.930. The van der Waals surface area contributed by atoms with E-state index < -0.39 is 24.0 Å². The van der Waals surface area contributed by atoms with Gasteiger partial charge in [0, 0.05) is 20.2 Å². The monoisotopic (exact) mass is 306 g/mol. The number of methoxy groups -OCH3 is 1. The van der Waals surface area contributed by atoms with Gasteiger partial charge in [0.05, 0.1) is 12.2 Å². The van der Waals surface area contributed by atoms with E-state index in [9.17, 15) is 14.4 Å². The van der Waals surface area contributed by atoms with Crippen LogP contribution in [-0.2, 0) is 20.9 Å². The molecule has 7 heteroatoms. The largest absolute Gasteiger partial charge is 0.449 e. The highest BCUT2D eigenvalue weighted by atomic mass is 16.5. The third kappa shape index (κ3) is 3.62. The van der Waals surface area contributed by atoms with Crippen LogP contribution in [0.1, 0.15) is 22.8 Å². The van der Waals surface area contributed by atoms with Gasteiger partial charge in [0.25, 0.3) is 5.91 Å². The van der Waals surface area contributed by atoms with Gasteiger partial charge in [0.2, 0.25) is 0 Å². The number of rotatable bonds is 5. The Balaban J connectivity index is 2.00. The first kappa shape index (κ1) is 16.0. The number of imide groups is 1. The summed E-state index contributed by atoms with van der Waals surface area (Å²) in [4.78, 5) is 36.6. The van der Waals surface area contributed by atoms with Crippen LogP contribution in [0.2, 0.25) is 0 Å². The van der Waals surface area contributed by atoms with Gasteiger partial charge in [-0.15, -0.1) is 0 Å². The van der Waals surface area contributed by atoms with Gasteiger partial charge in [0.15, 0.2) is 6.10 Å². The molecule has 118 valence electrons. The SMILES string of the molecule is COCc1cccc(C(=O)O[C@H](C)C(=O)N2CCNC2=O)c1. The van der Waals surface area contributed by atoms with Crippen LogP contribution in [0, 0.1) is 0 Å². The van der Waals surface area contributed by atoms with Gasteiger partial charge in [-0.25, -0.2) is 9.59 Å². The number of esters is 1. The lowest BCUT2D eigenvalue weighted by Gasteiger charge is -2.18. The Morgan fingerprint density at radius 2 is 2.18 bits per heavy atom. The summed E-state index contributed by atoms with van der Waals surface area (Å²) in [6, 6.07) is 6.32. The van der Waals surface area contributed by atoms with Crippen LogP contribution in [0.3, 0.4) is 0 Å². The van der Waals surface area contributed by atoms with Gasteiger partial charge in [-0.05, 0) is 24.6 Å². The molecule has 0 unspecified atom stereocenters. The zero-order valence-corrected chi connectivity index (χ0v) is 12.5. The van der Waals surface area contributed by atoms with Crippen molar-refractivity contribution in [2.45, 2.75) is 19.6 Å². The van der Waals surface area contributed by atoms with Crippen LogP contribution in [-0.4, -0.2) is 49.1 Å². The van der Waals surface area contributed by atoms with Crippen molar-refractivity contribution >= 4 is 17.9 Å². The van der Waals surface area contributed by atoms with Crippen LogP contribution in [0.5, 0.6) is 0 Å². The lowest BCUT2D eigenvalue weighted by Crippen LogP contribution is -2.41. The van der Waals surface area contributed by atoms with Gasteiger partial charge in [0.1, 0.15) is 0 Å². The number of carbonyl (C=O) groups excluding carboxylic acids is 3. The second-order valence-electron chi connectivity index (χ2n) is 4.90. The van der Waals surface area contributed by atoms with Crippen LogP contribution < -0.4 is 5.32 Å². The molecule has 1 heterocycles. The molecule has 1 atom stereocenters. The standard InChI is InChI=1S/C15H18N2O5/c1-10(13(18)17-7-6-16-15(17)20)22-14(19)12-5-3-4-11(8-12)9-21-2/h3-5,8,10H,6-7,9H2,1-2H3,(H,16,20)/t10-/m1/s1. The second-order valence-corrected chi connectivity index (χ2v) is 4.90. The Morgan fingerprint density at radius 3 is 2.82 bits per heavy atom. The van der Waals surface area contributed by atoms with E-state index >= 15 is 0 Å². The molecule has 1 saturated heterocycles. The van der Waals surface area contributed by atoms with Crippen molar-refractivity contribution in [3.63, 3.8) is 0 Å². The van der Waals surface area contributed by atoms with Crippen LogP contribution in [0.15, 0.2) is 24.3 Å². The Kier molecular flexibility index (Phi) is 5.11. The fraction of sp³-hybridized carbons (Fsp3) is 0.400. The Bertz CT molecular complexity index is 587. The van der Waals surface area contributed by atoms with E-state index in [1.807, 2.05) is 6.07 Å². The number of carbonyl (C=O) groups is 3. The third-order valence-electron chi connectivity index (χ3n) is 3.23. The molecule has 1 N–H and O–H groups in total. The van der Waals surface area contributed by atoms with E-state index in [1.165, 1.54) is 6.92 Å². The molecule has 1 aliphatic heterocycles. The molecule has 0 spiro atoms. The molecule has 2 rings (SSSR count). The minimum Gasteiger partial charge on any atom is -0.449 e. The highest BCUT2D eigenvalue weighted by Gasteiger charge is 2.31. The topological polar surface area (TPSA) is 84.9 Å². The summed E-state index contributed by atoms with van der Waals surface area (Å²) in [6.07, 6.45) is -1.03. The maximum absolute atomic E-state index is 12.1. The summed E-state index contributed by atoms with van der Waals surface area (Å²) in [7, 11) is 1.56. The number of hydrogen-bond donors (Lipinski definition) is 1. The Hall–Kier alpha value is -2.41. The van der Waals surface area contributed by atoms with Crippen molar-refractivity contribution < 1.29 is 23.9 Å². The fourth-order valence-electron chi connectivity index (χ4n) is 2.14. The molecule has 1 aromatic rings. The van der Waals surface area contributed by atoms with Gasteiger partial charge in [-0.2, -0.15) is 0 Å². The zero-order valence-electron chi connectivity index (χ0n) is 12.5. The van der Waals surface area contributed by atoms with Gasteiger partial charge in [-0.3, -0.25) is 9.69 Å². The lowest BCUT2D eigenvalue weighted by atomic mass is 10.1. The number of urea groups is 1. The van der Waals surface area contributed by atoms with Crippen LogP contribution in [0.25, 0.3) is 0 Å². The van der Waals surface area contributed by atoms with E-state index in [-0.39, 0.29) is 6.54 Å². The van der Waals surface area contributed by atoms with Crippen molar-refractivity contribution in [1.82, 2.24) is 10.2 Å². The molecule has 1 aromatic carbocycles. The predicted molar refractivity (Wildman–Crippen MR) is 77.1 cm³/mol. The van der Waals surface area contributed by atoms with E-state index in [2.05, 4.69) is 5.32 Å². The molecule has 0 aromatic heterocycles. The van der Waals surface area contributed by atoms with Crippen molar-refractivity contribution in [3.8, 4) is 0 Å². The summed E-state index contributed by atoms with van der Waals surface area (Å²) < 4.78 is 10.1. The highest BCUT2D eigenvalue weighted by Crippen LogP contribution is 2.11. The molecule has 0 saturated carbocycles. The molecule has 0 radical (unpaired) electrons. The fourth-order valence-corrected chi connectivity index (χ4v) is 2.14. The first-order valence-corrected chi connectivity index (χ1v) is 6.91. The maximum atomic E-state index is 12.1. The summed E-state index contributed by atoms with van der Waals surface area (Å²) in [5, 5.41) is 2.52. The van der Waals surface area contributed by atoms with E-state index in [4.69, 9.17) is 9.47 Å². The summed E-state index contributed by atoms with van der Waals surface area (Å²) in [5.41, 5.74) is 1.16. The zero-order chi connectivity index (χ0) is 16.1. The van der Waals surface area contributed by atoms with Crippen LogP contribution >= 0.6 is 0 Å². The lowest BCUT2D eigenvalue weighted by molar-refractivity contribution is -0.136. The molecule has 22 heavy (non-hydrogen) atoms. The average Bonchev–Trinajstić information content (AvgIpc) is 2.93. The van der Waals surface area contributed by atoms with Gasteiger partial charge >= 0.3 is 12.0 Å². The summed E-state index contributed by atoms with van der Waals surface area (Å²) in [5.74, 6) is -1.14. The first-order valence-electron chi connectivity index (χ1n) is 6.91.